The van der Waals surface area contributed by atoms with Gasteiger partial charge in [-0.25, -0.2) is 4.74 Å². The lowest BCUT2D eigenvalue weighted by molar-refractivity contribution is -0.531. The molecule has 1 rings (SSSR count). The summed E-state index contributed by atoms with van der Waals surface area (Å²) in [5.41, 5.74) is -0.596. The molecule has 0 atom stereocenters. The zero-order valence-corrected chi connectivity index (χ0v) is 8.76. The largest absolute Gasteiger partial charge is 0.623 e. The van der Waals surface area contributed by atoms with Crippen LogP contribution in [0.1, 0.15) is 26.5 Å². The average molecular weight is 212 g/mol. The topological polar surface area (TPSA) is 82.3 Å². The molecule has 0 spiro atoms. The van der Waals surface area contributed by atoms with E-state index in [4.69, 9.17) is 4.42 Å². The van der Waals surface area contributed by atoms with Gasteiger partial charge in [-0.2, -0.15) is 0 Å². The summed E-state index contributed by atoms with van der Waals surface area (Å²) in [7, 11) is 0. The predicted molar refractivity (Wildman–Crippen MR) is 53.9 cm³/mol. The molecule has 0 unspecified atom stereocenters. The normalized spacial score (nSPS) is 12.9. The molecular weight excluding hydrogens is 200 g/mol. The van der Waals surface area contributed by atoms with E-state index < -0.39 is 10.5 Å². The SMILES string of the molecule is CC(C)(C)/[N+]([O-])=C/c1ccc([N+](=O)[O-])o1. The highest BCUT2D eigenvalue weighted by Gasteiger charge is 2.20. The van der Waals surface area contributed by atoms with Crippen molar-refractivity contribution in [2.45, 2.75) is 26.3 Å². The van der Waals surface area contributed by atoms with Gasteiger partial charge in [0.2, 0.25) is 6.21 Å². The monoisotopic (exact) mass is 212 g/mol. The van der Waals surface area contributed by atoms with Crippen molar-refractivity contribution in [3.8, 4) is 0 Å². The molecule has 0 aliphatic carbocycles. The maximum absolute atomic E-state index is 11.4. The van der Waals surface area contributed by atoms with Gasteiger partial charge in [0.1, 0.15) is 4.92 Å². The molecule has 6 heteroatoms. The Morgan fingerprint density at radius 2 is 1.93 bits per heavy atom. The predicted octanol–water partition coefficient (Wildman–Crippen LogP) is 1.92. The Balaban J connectivity index is 2.94. The third-order valence-electron chi connectivity index (χ3n) is 1.70. The molecule has 0 aliphatic rings. The average Bonchev–Trinajstić information content (AvgIpc) is 2.50. The molecule has 0 fully saturated rings. The molecule has 82 valence electrons. The van der Waals surface area contributed by atoms with Crippen LogP contribution in [0.15, 0.2) is 16.5 Å². The smallest absolute Gasteiger partial charge is 0.433 e. The Hall–Kier alpha value is -1.85. The second-order valence-corrected chi connectivity index (χ2v) is 4.06. The van der Waals surface area contributed by atoms with Gasteiger partial charge in [-0.15, -0.1) is 0 Å². The van der Waals surface area contributed by atoms with E-state index in [1.54, 1.807) is 20.8 Å². The molecule has 0 aliphatic heterocycles. The third kappa shape index (κ3) is 2.80. The summed E-state index contributed by atoms with van der Waals surface area (Å²) in [6, 6.07) is 2.59. The van der Waals surface area contributed by atoms with Crippen LogP contribution in [-0.4, -0.2) is 21.4 Å². The van der Waals surface area contributed by atoms with Crippen LogP contribution in [-0.2, 0) is 0 Å². The summed E-state index contributed by atoms with van der Waals surface area (Å²) in [6.07, 6.45) is 1.19. The van der Waals surface area contributed by atoms with Crippen molar-refractivity contribution in [3.63, 3.8) is 0 Å². The Morgan fingerprint density at radius 3 is 2.33 bits per heavy atom. The van der Waals surface area contributed by atoms with Crippen LogP contribution in [0.2, 0.25) is 0 Å². The number of nitrogens with zero attached hydrogens (tertiary/aromatic N) is 2. The summed E-state index contributed by atoms with van der Waals surface area (Å²) >= 11 is 0. The van der Waals surface area contributed by atoms with Crippen LogP contribution in [0.25, 0.3) is 0 Å². The first kappa shape index (κ1) is 11.2. The first-order valence-electron chi connectivity index (χ1n) is 4.36. The minimum atomic E-state index is -0.649. The second-order valence-electron chi connectivity index (χ2n) is 4.06. The van der Waals surface area contributed by atoms with Crippen molar-refractivity contribution in [2.24, 2.45) is 0 Å². The molecule has 0 saturated carbocycles. The highest BCUT2D eigenvalue weighted by molar-refractivity contribution is 5.72. The Morgan fingerprint density at radius 1 is 1.33 bits per heavy atom. The Bertz CT molecular complexity index is 400. The molecule has 1 aromatic heterocycles. The van der Waals surface area contributed by atoms with E-state index in [0.717, 1.165) is 0 Å². The molecule has 1 heterocycles. The zero-order valence-electron chi connectivity index (χ0n) is 8.76. The van der Waals surface area contributed by atoms with Crippen LogP contribution in [0, 0.1) is 15.3 Å². The van der Waals surface area contributed by atoms with Gasteiger partial charge >= 0.3 is 5.88 Å². The second kappa shape index (κ2) is 3.72. The molecule has 0 aromatic carbocycles. The van der Waals surface area contributed by atoms with Crippen molar-refractivity contribution >= 4 is 12.1 Å². The molecule has 1 aromatic rings. The van der Waals surface area contributed by atoms with Gasteiger partial charge in [0.05, 0.1) is 6.07 Å². The van der Waals surface area contributed by atoms with Crippen LogP contribution >= 0.6 is 0 Å². The summed E-state index contributed by atoms with van der Waals surface area (Å²) in [5.74, 6) is -0.199. The number of hydrogen-bond acceptors (Lipinski definition) is 4. The lowest BCUT2D eigenvalue weighted by Gasteiger charge is -2.17. The summed E-state index contributed by atoms with van der Waals surface area (Å²) in [6.45, 7) is 5.19. The highest BCUT2D eigenvalue weighted by atomic mass is 16.6. The van der Waals surface area contributed by atoms with E-state index in [1.165, 1.54) is 18.3 Å². The fourth-order valence-electron chi connectivity index (χ4n) is 0.819. The number of hydrogen-bond donors (Lipinski definition) is 0. The standard InChI is InChI=1S/C9H12N2O4/c1-9(2,3)10(12)6-7-4-5-8(15-7)11(13)14/h4-6H,1-3H3/b10-6-. The summed E-state index contributed by atoms with van der Waals surface area (Å²) < 4.78 is 5.50. The van der Waals surface area contributed by atoms with E-state index in [2.05, 4.69) is 0 Å². The van der Waals surface area contributed by atoms with Crippen molar-refractivity contribution in [1.29, 1.82) is 0 Å². The first-order valence-corrected chi connectivity index (χ1v) is 4.36. The van der Waals surface area contributed by atoms with Crippen molar-refractivity contribution in [3.05, 3.63) is 33.2 Å². The molecular formula is C9H12N2O4. The molecule has 15 heavy (non-hydrogen) atoms. The van der Waals surface area contributed by atoms with Gasteiger partial charge < -0.3 is 9.62 Å². The fourth-order valence-corrected chi connectivity index (χ4v) is 0.819. The Kier molecular flexibility index (Phi) is 2.78. The zero-order chi connectivity index (χ0) is 11.6. The van der Waals surface area contributed by atoms with E-state index >= 15 is 0 Å². The molecule has 0 amide bonds. The quantitative estimate of drug-likeness (QED) is 0.246. The van der Waals surface area contributed by atoms with E-state index in [9.17, 15) is 15.3 Å². The maximum atomic E-state index is 11.4. The fraction of sp³-hybridized carbons (Fsp3) is 0.444. The molecule has 6 nitrogen and oxygen atoms in total. The number of hydroxylamine groups is 1. The van der Waals surface area contributed by atoms with E-state index in [0.29, 0.717) is 4.74 Å². The van der Waals surface area contributed by atoms with E-state index in [1.807, 2.05) is 0 Å². The number of nitro groups is 1. The lowest BCUT2D eigenvalue weighted by Crippen LogP contribution is -2.29. The number of furan rings is 1. The summed E-state index contributed by atoms with van der Waals surface area (Å²) in [4.78, 5) is 9.65. The molecule has 0 N–H and O–H groups in total. The maximum Gasteiger partial charge on any atom is 0.433 e. The summed E-state index contributed by atoms with van der Waals surface area (Å²) in [5, 5.41) is 21.7. The van der Waals surface area contributed by atoms with Crippen molar-refractivity contribution in [2.75, 3.05) is 0 Å². The molecule has 0 radical (unpaired) electrons. The minimum Gasteiger partial charge on any atom is -0.623 e. The lowest BCUT2D eigenvalue weighted by atomic mass is 10.1. The van der Waals surface area contributed by atoms with Crippen LogP contribution < -0.4 is 0 Å². The van der Waals surface area contributed by atoms with Gasteiger partial charge in [0.15, 0.2) is 11.3 Å². The van der Waals surface area contributed by atoms with Crippen molar-refractivity contribution < 1.29 is 14.1 Å². The highest BCUT2D eigenvalue weighted by Crippen LogP contribution is 2.14. The van der Waals surface area contributed by atoms with Crippen molar-refractivity contribution in [1.82, 2.24) is 0 Å². The Labute approximate surface area is 86.6 Å². The third-order valence-corrected chi connectivity index (χ3v) is 1.70. The van der Waals surface area contributed by atoms with Gasteiger partial charge in [-0.3, -0.25) is 10.1 Å². The minimum absolute atomic E-state index is 0.173. The first-order chi connectivity index (χ1) is 6.80. The van der Waals surface area contributed by atoms with Gasteiger partial charge in [0, 0.05) is 20.8 Å². The molecule has 0 bridgehead atoms. The van der Waals surface area contributed by atoms with Gasteiger partial charge in [-0.1, -0.05) is 0 Å². The number of rotatable bonds is 2. The van der Waals surface area contributed by atoms with Crippen LogP contribution in [0.3, 0.4) is 0 Å². The van der Waals surface area contributed by atoms with Gasteiger partial charge in [0.25, 0.3) is 0 Å². The molecule has 0 saturated heterocycles. The van der Waals surface area contributed by atoms with E-state index in [-0.39, 0.29) is 11.6 Å². The van der Waals surface area contributed by atoms with Gasteiger partial charge in [-0.05, 0) is 6.07 Å². The van der Waals surface area contributed by atoms with Crippen LogP contribution in [0.5, 0.6) is 0 Å². The van der Waals surface area contributed by atoms with Crippen LogP contribution in [0.4, 0.5) is 5.88 Å².